The number of hydrogen-bond donors (Lipinski definition) is 5. The third-order valence-electron chi connectivity index (χ3n) is 9.32. The van der Waals surface area contributed by atoms with E-state index in [2.05, 4.69) is 19.2 Å². The molecule has 1 amide bonds. The van der Waals surface area contributed by atoms with E-state index in [1.54, 1.807) is 0 Å². The summed E-state index contributed by atoms with van der Waals surface area (Å²) in [6, 6.07) is -0.637. The van der Waals surface area contributed by atoms with E-state index in [0.717, 1.165) is 38.5 Å². The molecular formula is C37H73NO7. The average molecular weight is 644 g/mol. The first kappa shape index (κ1) is 42.3. The van der Waals surface area contributed by atoms with Crippen molar-refractivity contribution in [3.05, 3.63) is 0 Å². The fourth-order valence-corrected chi connectivity index (χ4v) is 6.17. The monoisotopic (exact) mass is 644 g/mol. The molecule has 5 N–H and O–H groups in total. The summed E-state index contributed by atoms with van der Waals surface area (Å²) in [5, 5.41) is 43.9. The number of carbonyl (C=O) groups is 1. The minimum Gasteiger partial charge on any atom is -0.391 e. The summed E-state index contributed by atoms with van der Waals surface area (Å²) in [6.07, 6.45) is 24.9. The number of carbonyl (C=O) groups excluding carboxylic acids is 1. The number of aliphatic hydroxyl groups is 4. The van der Waals surface area contributed by atoms with Crippen molar-refractivity contribution in [3.8, 4) is 0 Å². The van der Waals surface area contributed by atoms with Crippen LogP contribution in [0.4, 0.5) is 0 Å². The molecule has 0 aromatic carbocycles. The van der Waals surface area contributed by atoms with Gasteiger partial charge in [0, 0.05) is 6.42 Å². The van der Waals surface area contributed by atoms with Crippen molar-refractivity contribution in [2.24, 2.45) is 0 Å². The molecule has 1 fully saturated rings. The summed E-state index contributed by atoms with van der Waals surface area (Å²) in [6.45, 7) is 4.30. The Hall–Kier alpha value is -0.770. The quantitative estimate of drug-likeness (QED) is 0.0496. The van der Waals surface area contributed by atoms with Crippen LogP contribution >= 0.6 is 0 Å². The fraction of sp³-hybridized carbons (Fsp3) is 0.973. The van der Waals surface area contributed by atoms with Crippen LogP contribution < -0.4 is 5.32 Å². The van der Waals surface area contributed by atoms with Crippen LogP contribution in [0.3, 0.4) is 0 Å². The smallest absolute Gasteiger partial charge is 0.220 e. The minimum atomic E-state index is -1.40. The molecule has 1 aliphatic rings. The molecule has 0 aliphatic carbocycles. The van der Waals surface area contributed by atoms with E-state index < -0.39 is 36.7 Å². The summed E-state index contributed by atoms with van der Waals surface area (Å²) in [5.74, 6) is -0.107. The predicted octanol–water partition coefficient (Wildman–Crippen LogP) is 7.47. The van der Waals surface area contributed by atoms with Gasteiger partial charge in [0.15, 0.2) is 6.29 Å². The maximum atomic E-state index is 12.8. The van der Waals surface area contributed by atoms with E-state index in [4.69, 9.17) is 9.47 Å². The van der Waals surface area contributed by atoms with Gasteiger partial charge in [-0.3, -0.25) is 4.79 Å². The van der Waals surface area contributed by atoms with E-state index in [-0.39, 0.29) is 19.1 Å². The second-order valence-corrected chi connectivity index (χ2v) is 13.6. The molecule has 6 atom stereocenters. The van der Waals surface area contributed by atoms with Crippen LogP contribution in [0.15, 0.2) is 0 Å². The number of amides is 1. The Bertz CT molecular complexity index is 667. The van der Waals surface area contributed by atoms with E-state index >= 15 is 0 Å². The van der Waals surface area contributed by atoms with Crippen molar-refractivity contribution >= 4 is 5.91 Å². The second kappa shape index (κ2) is 29.4. The number of aliphatic hydroxyl groups excluding tert-OH is 4. The number of unbranched alkanes of at least 4 members (excludes halogenated alkanes) is 22. The first-order chi connectivity index (χ1) is 21.9. The first-order valence-corrected chi connectivity index (χ1v) is 19.2. The maximum Gasteiger partial charge on any atom is 0.220 e. The van der Waals surface area contributed by atoms with Crippen LogP contribution in [-0.2, 0) is 14.3 Å². The van der Waals surface area contributed by atoms with E-state index in [1.165, 1.54) is 116 Å². The predicted molar refractivity (Wildman–Crippen MR) is 183 cm³/mol. The summed E-state index contributed by atoms with van der Waals surface area (Å²) in [5.41, 5.74) is 0. The third kappa shape index (κ3) is 22.4. The van der Waals surface area contributed by atoms with E-state index in [0.29, 0.717) is 12.8 Å². The van der Waals surface area contributed by atoms with Gasteiger partial charge in [-0.25, -0.2) is 0 Å². The lowest BCUT2D eigenvalue weighted by molar-refractivity contribution is -0.272. The summed E-state index contributed by atoms with van der Waals surface area (Å²) in [4.78, 5) is 12.8. The van der Waals surface area contributed by atoms with Gasteiger partial charge in [0.2, 0.25) is 5.91 Å². The van der Waals surface area contributed by atoms with Gasteiger partial charge < -0.3 is 35.2 Å². The number of hydrogen-bond acceptors (Lipinski definition) is 7. The van der Waals surface area contributed by atoms with Crippen LogP contribution in [0.2, 0.25) is 0 Å². The van der Waals surface area contributed by atoms with Gasteiger partial charge in [0.25, 0.3) is 0 Å². The second-order valence-electron chi connectivity index (χ2n) is 13.6. The SMILES string of the molecule is CCCCCCCCCCCCCCC[C@@H](O)[C@H](CO[C@@H]1OC[C@H](O)[C@H](O)[C@H]1O)NC(=O)CCCCCCCCCCCCC. The molecule has 1 rings (SSSR count). The van der Waals surface area contributed by atoms with Crippen LogP contribution in [0.25, 0.3) is 0 Å². The summed E-state index contributed by atoms with van der Waals surface area (Å²) in [7, 11) is 0. The van der Waals surface area contributed by atoms with Crippen LogP contribution in [0, 0.1) is 0 Å². The van der Waals surface area contributed by atoms with Gasteiger partial charge in [0.1, 0.15) is 18.3 Å². The standard InChI is InChI=1S/C37H73NO7/c1-3-5-7-9-11-13-15-16-18-19-21-23-25-27-32(39)31(29-44-37-36(43)35(42)33(40)30-45-37)38-34(41)28-26-24-22-20-17-14-12-10-8-6-4-2/h31-33,35-37,39-40,42-43H,3-30H2,1-2H3,(H,38,41)/t31-,32+,33-,35-,36+,37+/m0/s1. The van der Waals surface area contributed by atoms with Crippen LogP contribution in [-0.4, -0.2) is 76.3 Å². The Balaban J connectivity index is 2.32. The lowest BCUT2D eigenvalue weighted by Gasteiger charge is -2.36. The Morgan fingerprint density at radius 3 is 1.56 bits per heavy atom. The van der Waals surface area contributed by atoms with E-state index in [1.807, 2.05) is 0 Å². The molecule has 0 unspecified atom stereocenters. The molecule has 8 nitrogen and oxygen atoms in total. The van der Waals surface area contributed by atoms with Gasteiger partial charge >= 0.3 is 0 Å². The highest BCUT2D eigenvalue weighted by Crippen LogP contribution is 2.19. The number of rotatable bonds is 31. The Kier molecular flexibility index (Phi) is 27.6. The molecule has 0 spiro atoms. The van der Waals surface area contributed by atoms with Crippen molar-refractivity contribution in [3.63, 3.8) is 0 Å². The van der Waals surface area contributed by atoms with Crippen LogP contribution in [0.5, 0.6) is 0 Å². The molecule has 0 bridgehead atoms. The van der Waals surface area contributed by atoms with Crippen LogP contribution in [0.1, 0.15) is 181 Å². The van der Waals surface area contributed by atoms with Gasteiger partial charge in [-0.15, -0.1) is 0 Å². The van der Waals surface area contributed by atoms with Crippen molar-refractivity contribution < 1.29 is 34.7 Å². The lowest BCUT2D eigenvalue weighted by Crippen LogP contribution is -2.55. The Morgan fingerprint density at radius 1 is 0.667 bits per heavy atom. The summed E-state index contributed by atoms with van der Waals surface area (Å²) >= 11 is 0. The van der Waals surface area contributed by atoms with E-state index in [9.17, 15) is 25.2 Å². The number of ether oxygens (including phenoxy) is 2. The zero-order valence-electron chi connectivity index (χ0n) is 29.3. The Morgan fingerprint density at radius 2 is 1.09 bits per heavy atom. The zero-order valence-corrected chi connectivity index (χ0v) is 29.3. The number of nitrogens with one attached hydrogen (secondary N) is 1. The fourth-order valence-electron chi connectivity index (χ4n) is 6.17. The molecule has 1 saturated heterocycles. The highest BCUT2D eigenvalue weighted by atomic mass is 16.7. The summed E-state index contributed by atoms with van der Waals surface area (Å²) < 4.78 is 11.1. The molecule has 0 aromatic rings. The molecule has 0 radical (unpaired) electrons. The molecule has 1 aliphatic heterocycles. The molecule has 0 saturated carbocycles. The molecule has 8 heteroatoms. The topological polar surface area (TPSA) is 128 Å². The van der Waals surface area contributed by atoms with Gasteiger partial charge in [-0.2, -0.15) is 0 Å². The Labute approximate surface area is 276 Å². The molecule has 1 heterocycles. The van der Waals surface area contributed by atoms with Gasteiger partial charge in [-0.05, 0) is 12.8 Å². The molecule has 45 heavy (non-hydrogen) atoms. The highest BCUT2D eigenvalue weighted by molar-refractivity contribution is 5.76. The highest BCUT2D eigenvalue weighted by Gasteiger charge is 2.38. The zero-order chi connectivity index (χ0) is 33.0. The van der Waals surface area contributed by atoms with Gasteiger partial charge in [0.05, 0.1) is 25.4 Å². The van der Waals surface area contributed by atoms with Crippen molar-refractivity contribution in [2.75, 3.05) is 13.2 Å². The normalized spacial score (nSPS) is 21.6. The van der Waals surface area contributed by atoms with Gasteiger partial charge in [-0.1, -0.05) is 162 Å². The minimum absolute atomic E-state index is 0.0475. The average Bonchev–Trinajstić information content (AvgIpc) is 3.03. The van der Waals surface area contributed by atoms with Crippen molar-refractivity contribution in [1.82, 2.24) is 5.32 Å². The molecule has 0 aromatic heterocycles. The first-order valence-electron chi connectivity index (χ1n) is 19.2. The third-order valence-corrected chi connectivity index (χ3v) is 9.32. The maximum absolute atomic E-state index is 12.8. The van der Waals surface area contributed by atoms with Crippen molar-refractivity contribution in [2.45, 2.75) is 218 Å². The largest absolute Gasteiger partial charge is 0.391 e. The molecule has 268 valence electrons. The lowest BCUT2D eigenvalue weighted by atomic mass is 10.0. The molecular weight excluding hydrogens is 570 g/mol. The van der Waals surface area contributed by atoms with Crippen molar-refractivity contribution in [1.29, 1.82) is 0 Å².